The van der Waals surface area contributed by atoms with Crippen molar-refractivity contribution in [3.05, 3.63) is 40.9 Å². The Kier molecular flexibility index (Phi) is 3.91. The first-order valence-corrected chi connectivity index (χ1v) is 6.49. The standard InChI is InChI=1S/C13H13N3O2S/c1-8-11(9(2)17)19-13(14-8)16-12(18)15-10-6-4-3-5-7-10/h3-7H,1-2H3,(H2,14,15,16,18). The van der Waals surface area contributed by atoms with Gasteiger partial charge in [-0.1, -0.05) is 29.5 Å². The van der Waals surface area contributed by atoms with E-state index in [-0.39, 0.29) is 11.8 Å². The Bertz CT molecular complexity index is 608. The monoisotopic (exact) mass is 275 g/mol. The van der Waals surface area contributed by atoms with E-state index in [2.05, 4.69) is 15.6 Å². The third kappa shape index (κ3) is 3.38. The fourth-order valence-corrected chi connectivity index (χ4v) is 2.41. The van der Waals surface area contributed by atoms with Gasteiger partial charge in [0.2, 0.25) is 0 Å². The summed E-state index contributed by atoms with van der Waals surface area (Å²) in [5.41, 5.74) is 1.33. The fraction of sp³-hybridized carbons (Fsp3) is 0.154. The Morgan fingerprint density at radius 2 is 1.84 bits per heavy atom. The van der Waals surface area contributed by atoms with Crippen LogP contribution in [0.15, 0.2) is 30.3 Å². The molecule has 0 saturated heterocycles. The van der Waals surface area contributed by atoms with Gasteiger partial charge >= 0.3 is 6.03 Å². The third-order valence-corrected chi connectivity index (χ3v) is 3.54. The topological polar surface area (TPSA) is 71.1 Å². The second-order valence-electron chi connectivity index (χ2n) is 3.93. The van der Waals surface area contributed by atoms with Gasteiger partial charge in [0.15, 0.2) is 10.9 Å². The van der Waals surface area contributed by atoms with Crippen LogP contribution in [-0.4, -0.2) is 16.8 Å². The molecule has 2 amide bonds. The normalized spacial score (nSPS) is 10.0. The van der Waals surface area contributed by atoms with Crippen molar-refractivity contribution in [1.29, 1.82) is 0 Å². The number of carbonyl (C=O) groups is 2. The predicted molar refractivity (Wildman–Crippen MR) is 75.9 cm³/mol. The number of aromatic nitrogens is 1. The fourth-order valence-electron chi connectivity index (χ4n) is 1.56. The number of benzene rings is 1. The van der Waals surface area contributed by atoms with Gasteiger partial charge in [-0.25, -0.2) is 9.78 Å². The van der Waals surface area contributed by atoms with Crippen molar-refractivity contribution in [3.8, 4) is 0 Å². The molecule has 0 aliphatic carbocycles. The zero-order chi connectivity index (χ0) is 13.8. The lowest BCUT2D eigenvalue weighted by Gasteiger charge is -2.04. The predicted octanol–water partition coefficient (Wildman–Crippen LogP) is 3.30. The van der Waals surface area contributed by atoms with Crippen molar-refractivity contribution < 1.29 is 9.59 Å². The molecule has 1 aromatic heterocycles. The Hall–Kier alpha value is -2.21. The molecule has 0 fully saturated rings. The first kappa shape index (κ1) is 13.2. The van der Waals surface area contributed by atoms with Crippen molar-refractivity contribution in [2.45, 2.75) is 13.8 Å². The molecular formula is C13H13N3O2S. The Labute approximate surface area is 114 Å². The van der Waals surface area contributed by atoms with Gasteiger partial charge in [-0.05, 0) is 19.1 Å². The van der Waals surface area contributed by atoms with E-state index in [9.17, 15) is 9.59 Å². The molecule has 0 atom stereocenters. The summed E-state index contributed by atoms with van der Waals surface area (Å²) >= 11 is 1.17. The van der Waals surface area contributed by atoms with Gasteiger partial charge in [-0.3, -0.25) is 10.1 Å². The smallest absolute Gasteiger partial charge is 0.308 e. The molecule has 0 saturated carbocycles. The van der Waals surface area contributed by atoms with E-state index < -0.39 is 0 Å². The van der Waals surface area contributed by atoms with Crippen molar-refractivity contribution >= 4 is 34.0 Å². The summed E-state index contributed by atoms with van der Waals surface area (Å²) in [6.07, 6.45) is 0. The highest BCUT2D eigenvalue weighted by Crippen LogP contribution is 2.23. The molecule has 0 spiro atoms. The number of hydrogen-bond donors (Lipinski definition) is 2. The number of nitrogens with zero attached hydrogens (tertiary/aromatic N) is 1. The largest absolute Gasteiger partial charge is 0.325 e. The van der Waals surface area contributed by atoms with E-state index in [4.69, 9.17) is 0 Å². The number of thiazole rings is 1. The average Bonchev–Trinajstić information content (AvgIpc) is 2.71. The molecule has 6 heteroatoms. The number of rotatable bonds is 3. The summed E-state index contributed by atoms with van der Waals surface area (Å²) in [6.45, 7) is 3.22. The van der Waals surface area contributed by atoms with Crippen LogP contribution in [-0.2, 0) is 0 Å². The highest BCUT2D eigenvalue weighted by molar-refractivity contribution is 7.17. The molecule has 1 aromatic carbocycles. The van der Waals surface area contributed by atoms with E-state index in [1.165, 1.54) is 18.3 Å². The number of urea groups is 1. The van der Waals surface area contributed by atoms with Crippen LogP contribution in [0.3, 0.4) is 0 Å². The SMILES string of the molecule is CC(=O)c1sc(NC(=O)Nc2ccccc2)nc1C. The minimum atomic E-state index is -0.380. The highest BCUT2D eigenvalue weighted by Gasteiger charge is 2.13. The van der Waals surface area contributed by atoms with Crippen LogP contribution in [0.4, 0.5) is 15.6 Å². The third-order valence-electron chi connectivity index (χ3n) is 2.37. The Morgan fingerprint density at radius 3 is 2.42 bits per heavy atom. The van der Waals surface area contributed by atoms with Crippen LogP contribution in [0.25, 0.3) is 0 Å². The number of anilines is 2. The number of nitrogens with one attached hydrogen (secondary N) is 2. The van der Waals surface area contributed by atoms with E-state index >= 15 is 0 Å². The molecule has 5 nitrogen and oxygen atoms in total. The number of ketones is 1. The summed E-state index contributed by atoms with van der Waals surface area (Å²) in [7, 11) is 0. The molecular weight excluding hydrogens is 262 g/mol. The zero-order valence-electron chi connectivity index (χ0n) is 10.6. The van der Waals surface area contributed by atoms with Crippen molar-refractivity contribution in [1.82, 2.24) is 4.98 Å². The lowest BCUT2D eigenvalue weighted by molar-refractivity contribution is 0.102. The summed E-state index contributed by atoms with van der Waals surface area (Å²) in [5.74, 6) is -0.0495. The van der Waals surface area contributed by atoms with Crippen LogP contribution >= 0.6 is 11.3 Å². The number of para-hydroxylation sites is 1. The molecule has 19 heavy (non-hydrogen) atoms. The summed E-state index contributed by atoms with van der Waals surface area (Å²) < 4.78 is 0. The first-order valence-electron chi connectivity index (χ1n) is 5.67. The summed E-state index contributed by atoms with van der Waals surface area (Å²) in [4.78, 5) is 27.7. The molecule has 0 unspecified atom stereocenters. The van der Waals surface area contributed by atoms with Gasteiger partial charge in [-0.2, -0.15) is 0 Å². The number of aryl methyl sites for hydroxylation is 1. The first-order chi connectivity index (χ1) is 9.06. The molecule has 2 rings (SSSR count). The highest BCUT2D eigenvalue weighted by atomic mass is 32.1. The molecule has 1 heterocycles. The lowest BCUT2D eigenvalue weighted by Crippen LogP contribution is -2.19. The Balaban J connectivity index is 2.03. The van der Waals surface area contributed by atoms with E-state index in [0.29, 0.717) is 21.4 Å². The van der Waals surface area contributed by atoms with Gasteiger partial charge in [0, 0.05) is 12.6 Å². The maximum Gasteiger partial charge on any atom is 0.325 e. The van der Waals surface area contributed by atoms with Crippen LogP contribution in [0.2, 0.25) is 0 Å². The minimum Gasteiger partial charge on any atom is -0.308 e. The molecule has 98 valence electrons. The van der Waals surface area contributed by atoms with Crippen LogP contribution in [0.5, 0.6) is 0 Å². The van der Waals surface area contributed by atoms with Crippen molar-refractivity contribution in [2.24, 2.45) is 0 Å². The minimum absolute atomic E-state index is 0.0495. The lowest BCUT2D eigenvalue weighted by atomic mass is 10.3. The molecule has 0 radical (unpaired) electrons. The van der Waals surface area contributed by atoms with Crippen LogP contribution in [0, 0.1) is 6.92 Å². The summed E-state index contributed by atoms with van der Waals surface area (Å²) in [6, 6.07) is 8.72. The van der Waals surface area contributed by atoms with Crippen molar-refractivity contribution in [3.63, 3.8) is 0 Å². The quantitative estimate of drug-likeness (QED) is 0.844. The number of carbonyl (C=O) groups excluding carboxylic acids is 2. The maximum absolute atomic E-state index is 11.7. The molecule has 2 aromatic rings. The van der Waals surface area contributed by atoms with E-state index in [0.717, 1.165) is 0 Å². The van der Waals surface area contributed by atoms with E-state index in [1.54, 1.807) is 19.1 Å². The maximum atomic E-state index is 11.7. The average molecular weight is 275 g/mol. The number of Topliss-reactive ketones (excluding diaryl/α,β-unsaturated/α-hetero) is 1. The summed E-state index contributed by atoms with van der Waals surface area (Å²) in [5, 5.41) is 5.70. The molecule has 0 aliphatic heterocycles. The Morgan fingerprint density at radius 1 is 1.16 bits per heavy atom. The second-order valence-corrected chi connectivity index (χ2v) is 4.93. The molecule has 2 N–H and O–H groups in total. The molecule has 0 bridgehead atoms. The second kappa shape index (κ2) is 5.62. The molecule has 0 aliphatic rings. The zero-order valence-corrected chi connectivity index (χ0v) is 11.4. The van der Waals surface area contributed by atoms with Crippen molar-refractivity contribution in [2.75, 3.05) is 10.6 Å². The van der Waals surface area contributed by atoms with E-state index in [1.807, 2.05) is 18.2 Å². The number of amides is 2. The van der Waals surface area contributed by atoms with Crippen LogP contribution in [0.1, 0.15) is 22.3 Å². The number of hydrogen-bond acceptors (Lipinski definition) is 4. The van der Waals surface area contributed by atoms with Gasteiger partial charge in [-0.15, -0.1) is 0 Å². The van der Waals surface area contributed by atoms with Gasteiger partial charge in [0.1, 0.15) is 0 Å². The van der Waals surface area contributed by atoms with Gasteiger partial charge in [0.25, 0.3) is 0 Å². The van der Waals surface area contributed by atoms with Gasteiger partial charge < -0.3 is 5.32 Å². The van der Waals surface area contributed by atoms with Crippen LogP contribution < -0.4 is 10.6 Å². The van der Waals surface area contributed by atoms with Gasteiger partial charge in [0.05, 0.1) is 10.6 Å².